The largest absolute Gasteiger partial charge is 0.333 e. The fourth-order valence-electron chi connectivity index (χ4n) is 1.28. The first-order chi connectivity index (χ1) is 7.94. The van der Waals surface area contributed by atoms with Crippen LogP contribution in [0.2, 0.25) is 0 Å². The van der Waals surface area contributed by atoms with E-state index in [1.807, 2.05) is 26.8 Å². The third kappa shape index (κ3) is 2.43. The Morgan fingerprint density at radius 3 is 2.82 bits per heavy atom. The van der Waals surface area contributed by atoms with Crippen LogP contribution in [0.1, 0.15) is 31.7 Å². The zero-order valence-electron chi connectivity index (χ0n) is 9.95. The molecule has 2 rings (SSSR count). The number of aromatic nitrogens is 2. The molecule has 0 bridgehead atoms. The number of thiophene rings is 1. The standard InChI is InChI=1S/C11H14BrN3OS/c1-4-11(3,13)10-14-9(16-15-10)7-5-6(2)8(12)17-7/h5H,4,13H2,1-3H3. The average molecular weight is 316 g/mol. The summed E-state index contributed by atoms with van der Waals surface area (Å²) in [6.45, 7) is 5.93. The molecular formula is C11H14BrN3OS. The molecule has 1 unspecified atom stereocenters. The Balaban J connectivity index is 2.36. The lowest BCUT2D eigenvalue weighted by atomic mass is 10.0. The normalized spacial score (nSPS) is 14.9. The zero-order chi connectivity index (χ0) is 12.6. The highest BCUT2D eigenvalue weighted by Crippen LogP contribution is 2.34. The number of halogens is 1. The van der Waals surface area contributed by atoms with Crippen molar-refractivity contribution in [2.45, 2.75) is 32.7 Å². The molecule has 2 aromatic rings. The molecule has 0 aliphatic carbocycles. The molecule has 0 aliphatic heterocycles. The van der Waals surface area contributed by atoms with Crippen LogP contribution in [-0.4, -0.2) is 10.1 Å². The summed E-state index contributed by atoms with van der Waals surface area (Å²) >= 11 is 5.06. The van der Waals surface area contributed by atoms with Gasteiger partial charge in [0.25, 0.3) is 5.89 Å². The highest BCUT2D eigenvalue weighted by molar-refractivity contribution is 9.11. The van der Waals surface area contributed by atoms with Gasteiger partial charge in [-0.3, -0.25) is 0 Å². The Bertz CT molecular complexity index is 513. The van der Waals surface area contributed by atoms with Gasteiger partial charge >= 0.3 is 0 Å². The SMILES string of the molecule is CCC(C)(N)c1noc(-c2cc(C)c(Br)s2)n1. The predicted octanol–water partition coefficient (Wildman–Crippen LogP) is 3.45. The summed E-state index contributed by atoms with van der Waals surface area (Å²) in [6.07, 6.45) is 0.763. The highest BCUT2D eigenvalue weighted by Gasteiger charge is 2.26. The number of aryl methyl sites for hydroxylation is 1. The maximum Gasteiger partial charge on any atom is 0.268 e. The Hall–Kier alpha value is -0.720. The molecule has 6 heteroatoms. The van der Waals surface area contributed by atoms with Crippen molar-refractivity contribution in [2.75, 3.05) is 0 Å². The van der Waals surface area contributed by atoms with Crippen LogP contribution >= 0.6 is 27.3 Å². The van der Waals surface area contributed by atoms with Crippen molar-refractivity contribution < 1.29 is 4.52 Å². The molecule has 92 valence electrons. The molecule has 0 aliphatic rings. The number of nitrogens with two attached hydrogens (primary N) is 1. The van der Waals surface area contributed by atoms with Gasteiger partial charge in [-0.1, -0.05) is 12.1 Å². The van der Waals surface area contributed by atoms with Crippen LogP contribution in [0.25, 0.3) is 10.8 Å². The van der Waals surface area contributed by atoms with E-state index in [2.05, 4.69) is 26.1 Å². The van der Waals surface area contributed by atoms with Crippen LogP contribution in [0.4, 0.5) is 0 Å². The van der Waals surface area contributed by atoms with Crippen LogP contribution in [0.3, 0.4) is 0 Å². The van der Waals surface area contributed by atoms with E-state index in [-0.39, 0.29) is 0 Å². The van der Waals surface area contributed by atoms with Gasteiger partial charge in [0.1, 0.15) is 0 Å². The first-order valence-corrected chi connectivity index (χ1v) is 6.94. The maximum atomic E-state index is 6.07. The molecule has 0 fully saturated rings. The molecule has 2 aromatic heterocycles. The summed E-state index contributed by atoms with van der Waals surface area (Å²) in [4.78, 5) is 5.32. The van der Waals surface area contributed by atoms with Crippen LogP contribution < -0.4 is 5.73 Å². The highest BCUT2D eigenvalue weighted by atomic mass is 79.9. The Morgan fingerprint density at radius 1 is 1.59 bits per heavy atom. The monoisotopic (exact) mass is 315 g/mol. The van der Waals surface area contributed by atoms with Gasteiger partial charge in [0.05, 0.1) is 14.2 Å². The molecule has 0 spiro atoms. The third-order valence-electron chi connectivity index (χ3n) is 2.74. The first-order valence-electron chi connectivity index (χ1n) is 5.33. The molecule has 0 radical (unpaired) electrons. The molecule has 2 N–H and O–H groups in total. The molecule has 0 amide bonds. The van der Waals surface area contributed by atoms with Gasteiger partial charge in [-0.05, 0) is 47.8 Å². The summed E-state index contributed by atoms with van der Waals surface area (Å²) < 4.78 is 6.34. The van der Waals surface area contributed by atoms with Gasteiger partial charge in [-0.15, -0.1) is 11.3 Å². The smallest absolute Gasteiger partial charge is 0.268 e. The van der Waals surface area contributed by atoms with Crippen LogP contribution in [-0.2, 0) is 5.54 Å². The van der Waals surface area contributed by atoms with Crippen molar-refractivity contribution in [3.05, 3.63) is 21.2 Å². The van der Waals surface area contributed by atoms with E-state index in [0.29, 0.717) is 11.7 Å². The minimum atomic E-state index is -0.536. The van der Waals surface area contributed by atoms with E-state index in [1.165, 1.54) is 0 Å². The molecule has 2 heterocycles. The molecule has 4 nitrogen and oxygen atoms in total. The van der Waals surface area contributed by atoms with Crippen LogP contribution in [0, 0.1) is 6.92 Å². The quantitative estimate of drug-likeness (QED) is 0.942. The lowest BCUT2D eigenvalue weighted by Gasteiger charge is -2.16. The van der Waals surface area contributed by atoms with E-state index in [0.717, 1.165) is 20.6 Å². The number of hydrogen-bond donors (Lipinski definition) is 1. The molecule has 1 atom stereocenters. The molecular weight excluding hydrogens is 302 g/mol. The minimum Gasteiger partial charge on any atom is -0.333 e. The Kier molecular flexibility index (Phi) is 3.38. The van der Waals surface area contributed by atoms with Crippen molar-refractivity contribution in [1.82, 2.24) is 10.1 Å². The molecule has 0 saturated carbocycles. The number of rotatable bonds is 3. The van der Waals surface area contributed by atoms with Crippen LogP contribution in [0.5, 0.6) is 0 Å². The van der Waals surface area contributed by atoms with E-state index in [1.54, 1.807) is 11.3 Å². The van der Waals surface area contributed by atoms with E-state index in [9.17, 15) is 0 Å². The summed E-state index contributed by atoms with van der Waals surface area (Å²) in [5.41, 5.74) is 6.70. The Labute approximate surface area is 112 Å². The molecule has 0 saturated heterocycles. The lowest BCUT2D eigenvalue weighted by Crippen LogP contribution is -2.33. The van der Waals surface area contributed by atoms with E-state index >= 15 is 0 Å². The number of hydrogen-bond acceptors (Lipinski definition) is 5. The molecule has 17 heavy (non-hydrogen) atoms. The van der Waals surface area contributed by atoms with Crippen molar-refractivity contribution in [3.63, 3.8) is 0 Å². The second kappa shape index (κ2) is 4.51. The predicted molar refractivity (Wildman–Crippen MR) is 71.9 cm³/mol. The summed E-state index contributed by atoms with van der Waals surface area (Å²) in [5.74, 6) is 1.08. The van der Waals surface area contributed by atoms with Crippen molar-refractivity contribution in [2.24, 2.45) is 5.73 Å². The zero-order valence-corrected chi connectivity index (χ0v) is 12.4. The second-order valence-electron chi connectivity index (χ2n) is 4.26. The third-order valence-corrected chi connectivity index (χ3v) is 4.86. The molecule has 0 aromatic carbocycles. The second-order valence-corrected chi connectivity index (χ2v) is 6.63. The maximum absolute atomic E-state index is 6.07. The van der Waals surface area contributed by atoms with Crippen molar-refractivity contribution in [3.8, 4) is 10.8 Å². The van der Waals surface area contributed by atoms with Gasteiger partial charge in [0, 0.05) is 0 Å². The summed E-state index contributed by atoms with van der Waals surface area (Å²) in [7, 11) is 0. The first kappa shape index (κ1) is 12.7. The summed E-state index contributed by atoms with van der Waals surface area (Å²) in [6, 6.07) is 2.02. The van der Waals surface area contributed by atoms with Gasteiger partial charge in [0.2, 0.25) is 0 Å². The minimum absolute atomic E-state index is 0.531. The van der Waals surface area contributed by atoms with Crippen molar-refractivity contribution in [1.29, 1.82) is 0 Å². The topological polar surface area (TPSA) is 64.9 Å². The van der Waals surface area contributed by atoms with E-state index < -0.39 is 5.54 Å². The fraction of sp³-hybridized carbons (Fsp3) is 0.455. The van der Waals surface area contributed by atoms with Gasteiger partial charge in [-0.25, -0.2) is 0 Å². The lowest BCUT2D eigenvalue weighted by molar-refractivity contribution is 0.379. The van der Waals surface area contributed by atoms with E-state index in [4.69, 9.17) is 10.3 Å². The van der Waals surface area contributed by atoms with Crippen LogP contribution in [0.15, 0.2) is 14.4 Å². The van der Waals surface area contributed by atoms with Gasteiger partial charge in [-0.2, -0.15) is 4.98 Å². The van der Waals surface area contributed by atoms with Gasteiger partial charge in [0.15, 0.2) is 5.82 Å². The van der Waals surface area contributed by atoms with Gasteiger partial charge < -0.3 is 10.3 Å². The van der Waals surface area contributed by atoms with Crippen molar-refractivity contribution >= 4 is 27.3 Å². The number of nitrogens with zero attached hydrogens (tertiary/aromatic N) is 2. The summed E-state index contributed by atoms with van der Waals surface area (Å²) in [5, 5.41) is 3.95. The Morgan fingerprint density at radius 2 is 2.29 bits per heavy atom. The fourth-order valence-corrected chi connectivity index (χ4v) is 2.74. The average Bonchev–Trinajstić information content (AvgIpc) is 2.87.